The summed E-state index contributed by atoms with van der Waals surface area (Å²) < 4.78 is 11.7. The zero-order chi connectivity index (χ0) is 13.1. The molecule has 1 fully saturated rings. The van der Waals surface area contributed by atoms with Crippen LogP contribution >= 0.6 is 0 Å². The predicted molar refractivity (Wildman–Crippen MR) is 75.8 cm³/mol. The molecule has 3 rings (SSSR count). The van der Waals surface area contributed by atoms with Crippen molar-refractivity contribution in [3.63, 3.8) is 0 Å². The highest BCUT2D eigenvalue weighted by Gasteiger charge is 2.23. The van der Waals surface area contributed by atoms with Gasteiger partial charge in [-0.1, -0.05) is 31.9 Å². The van der Waals surface area contributed by atoms with Gasteiger partial charge in [0.25, 0.3) is 0 Å². The molecule has 0 aromatic heterocycles. The minimum Gasteiger partial charge on any atom is -0.486 e. The third kappa shape index (κ3) is 3.21. The highest BCUT2D eigenvalue weighted by atomic mass is 16.6. The van der Waals surface area contributed by atoms with Gasteiger partial charge in [-0.15, -0.1) is 0 Å². The molecule has 1 heterocycles. The van der Waals surface area contributed by atoms with E-state index in [1.165, 1.54) is 25.7 Å². The van der Waals surface area contributed by atoms with Gasteiger partial charge in [-0.2, -0.15) is 0 Å². The summed E-state index contributed by atoms with van der Waals surface area (Å²) in [5, 5.41) is 3.65. The van der Waals surface area contributed by atoms with E-state index in [-0.39, 0.29) is 6.10 Å². The van der Waals surface area contributed by atoms with E-state index >= 15 is 0 Å². The number of para-hydroxylation sites is 2. The summed E-state index contributed by atoms with van der Waals surface area (Å²) in [6, 6.07) is 8.56. The third-order valence-corrected chi connectivity index (χ3v) is 4.14. The number of benzene rings is 1. The molecule has 2 aliphatic rings. The average molecular weight is 261 g/mol. The maximum absolute atomic E-state index is 5.96. The van der Waals surface area contributed by atoms with E-state index in [2.05, 4.69) is 12.2 Å². The molecular formula is C16H23NO2. The van der Waals surface area contributed by atoms with Crippen LogP contribution in [0.15, 0.2) is 24.3 Å². The number of nitrogens with one attached hydrogen (secondary N) is 1. The third-order valence-electron chi connectivity index (χ3n) is 4.14. The Bertz CT molecular complexity index is 421. The van der Waals surface area contributed by atoms with E-state index in [1.807, 2.05) is 24.3 Å². The smallest absolute Gasteiger partial charge is 0.161 e. The molecule has 1 aliphatic heterocycles. The van der Waals surface area contributed by atoms with Gasteiger partial charge in [0.05, 0.1) is 0 Å². The Morgan fingerprint density at radius 3 is 2.89 bits per heavy atom. The Kier molecular flexibility index (Phi) is 3.92. The Morgan fingerprint density at radius 2 is 2.05 bits per heavy atom. The molecule has 104 valence electrons. The van der Waals surface area contributed by atoms with Crippen LogP contribution in [0.2, 0.25) is 0 Å². The standard InChI is InChI=1S/C16H23NO2/c1-12-5-4-6-13(9-12)17-10-14-11-18-15-7-2-3-8-16(15)19-14/h2-3,7-8,12-14,17H,4-6,9-11H2,1H3. The normalized spacial score (nSPS) is 30.1. The molecule has 3 atom stereocenters. The summed E-state index contributed by atoms with van der Waals surface area (Å²) in [7, 11) is 0. The Balaban J connectivity index is 1.49. The lowest BCUT2D eigenvalue weighted by atomic mass is 9.87. The minimum absolute atomic E-state index is 0.132. The van der Waals surface area contributed by atoms with Crippen molar-refractivity contribution in [2.75, 3.05) is 13.2 Å². The van der Waals surface area contributed by atoms with Crippen LogP contribution in [-0.4, -0.2) is 25.3 Å². The van der Waals surface area contributed by atoms with E-state index < -0.39 is 0 Å². The van der Waals surface area contributed by atoms with Crippen molar-refractivity contribution in [3.8, 4) is 11.5 Å². The van der Waals surface area contributed by atoms with Crippen molar-refractivity contribution in [1.82, 2.24) is 5.32 Å². The molecule has 3 heteroatoms. The van der Waals surface area contributed by atoms with Gasteiger partial charge in [-0.05, 0) is 30.9 Å². The lowest BCUT2D eigenvalue weighted by molar-refractivity contribution is 0.0859. The van der Waals surface area contributed by atoms with Crippen LogP contribution in [0.25, 0.3) is 0 Å². The lowest BCUT2D eigenvalue weighted by Crippen LogP contribution is -2.43. The van der Waals surface area contributed by atoms with Crippen LogP contribution in [0.1, 0.15) is 32.6 Å². The van der Waals surface area contributed by atoms with Gasteiger partial charge in [0.15, 0.2) is 11.5 Å². The fourth-order valence-electron chi connectivity index (χ4n) is 3.08. The largest absolute Gasteiger partial charge is 0.486 e. The first-order chi connectivity index (χ1) is 9.31. The summed E-state index contributed by atoms with van der Waals surface area (Å²) in [6.07, 6.45) is 5.46. The number of rotatable bonds is 3. The quantitative estimate of drug-likeness (QED) is 0.907. The molecule has 1 saturated carbocycles. The van der Waals surface area contributed by atoms with Crippen LogP contribution in [0.5, 0.6) is 11.5 Å². The van der Waals surface area contributed by atoms with Crippen molar-refractivity contribution in [2.45, 2.75) is 44.8 Å². The summed E-state index contributed by atoms with van der Waals surface area (Å²) >= 11 is 0. The highest BCUT2D eigenvalue weighted by molar-refractivity contribution is 5.40. The zero-order valence-electron chi connectivity index (χ0n) is 11.6. The van der Waals surface area contributed by atoms with Crippen molar-refractivity contribution in [2.24, 2.45) is 5.92 Å². The van der Waals surface area contributed by atoms with Gasteiger partial charge in [-0.25, -0.2) is 0 Å². The lowest BCUT2D eigenvalue weighted by Gasteiger charge is -2.31. The number of fused-ring (bicyclic) bond motifs is 1. The van der Waals surface area contributed by atoms with E-state index in [4.69, 9.17) is 9.47 Å². The number of ether oxygens (including phenoxy) is 2. The first-order valence-corrected chi connectivity index (χ1v) is 7.43. The average Bonchev–Trinajstić information content (AvgIpc) is 2.45. The molecule has 0 radical (unpaired) electrons. The molecular weight excluding hydrogens is 238 g/mol. The van der Waals surface area contributed by atoms with Gasteiger partial charge >= 0.3 is 0 Å². The molecule has 0 bridgehead atoms. The van der Waals surface area contributed by atoms with Crippen LogP contribution in [0, 0.1) is 5.92 Å². The minimum atomic E-state index is 0.132. The molecule has 1 aromatic carbocycles. The number of hydrogen-bond donors (Lipinski definition) is 1. The summed E-state index contributed by atoms with van der Waals surface area (Å²) in [5.41, 5.74) is 0. The van der Waals surface area contributed by atoms with E-state index in [0.717, 1.165) is 24.0 Å². The van der Waals surface area contributed by atoms with Gasteiger partial charge in [0, 0.05) is 12.6 Å². The van der Waals surface area contributed by atoms with Gasteiger partial charge in [-0.3, -0.25) is 0 Å². The van der Waals surface area contributed by atoms with Crippen molar-refractivity contribution in [3.05, 3.63) is 24.3 Å². The number of hydrogen-bond acceptors (Lipinski definition) is 3. The molecule has 19 heavy (non-hydrogen) atoms. The maximum Gasteiger partial charge on any atom is 0.161 e. The van der Waals surface area contributed by atoms with E-state index in [0.29, 0.717) is 12.6 Å². The molecule has 3 unspecified atom stereocenters. The SMILES string of the molecule is CC1CCCC(NCC2COc3ccccc3O2)C1. The van der Waals surface area contributed by atoms with Gasteiger partial charge < -0.3 is 14.8 Å². The van der Waals surface area contributed by atoms with E-state index in [1.54, 1.807) is 0 Å². The summed E-state index contributed by atoms with van der Waals surface area (Å²) in [4.78, 5) is 0. The molecule has 0 amide bonds. The van der Waals surface area contributed by atoms with E-state index in [9.17, 15) is 0 Å². The first-order valence-electron chi connectivity index (χ1n) is 7.43. The Hall–Kier alpha value is -1.22. The van der Waals surface area contributed by atoms with Crippen molar-refractivity contribution in [1.29, 1.82) is 0 Å². The molecule has 0 spiro atoms. The molecule has 1 aliphatic carbocycles. The fraction of sp³-hybridized carbons (Fsp3) is 0.625. The first kappa shape index (κ1) is 12.8. The fourth-order valence-corrected chi connectivity index (χ4v) is 3.08. The summed E-state index contributed by atoms with van der Waals surface area (Å²) in [5.74, 6) is 2.60. The maximum atomic E-state index is 5.96. The van der Waals surface area contributed by atoms with Crippen molar-refractivity contribution < 1.29 is 9.47 Å². The predicted octanol–water partition coefficient (Wildman–Crippen LogP) is 2.99. The Labute approximate surface area is 115 Å². The zero-order valence-corrected chi connectivity index (χ0v) is 11.6. The molecule has 1 N–H and O–H groups in total. The monoisotopic (exact) mass is 261 g/mol. The van der Waals surface area contributed by atoms with Crippen LogP contribution in [0.4, 0.5) is 0 Å². The topological polar surface area (TPSA) is 30.5 Å². The molecule has 0 saturated heterocycles. The molecule has 3 nitrogen and oxygen atoms in total. The van der Waals surface area contributed by atoms with Gasteiger partial charge in [0.1, 0.15) is 12.7 Å². The second kappa shape index (κ2) is 5.83. The summed E-state index contributed by atoms with van der Waals surface area (Å²) in [6.45, 7) is 3.88. The van der Waals surface area contributed by atoms with Crippen LogP contribution in [-0.2, 0) is 0 Å². The van der Waals surface area contributed by atoms with Gasteiger partial charge in [0.2, 0.25) is 0 Å². The second-order valence-corrected chi connectivity index (χ2v) is 5.87. The van der Waals surface area contributed by atoms with Crippen molar-refractivity contribution >= 4 is 0 Å². The molecule has 1 aromatic rings. The second-order valence-electron chi connectivity index (χ2n) is 5.87. The van der Waals surface area contributed by atoms with Crippen LogP contribution in [0.3, 0.4) is 0 Å². The van der Waals surface area contributed by atoms with Crippen LogP contribution < -0.4 is 14.8 Å². The Morgan fingerprint density at radius 1 is 1.21 bits per heavy atom. The highest BCUT2D eigenvalue weighted by Crippen LogP contribution is 2.31.